The van der Waals surface area contributed by atoms with Crippen LogP contribution in [0.15, 0.2) is 70.7 Å². The van der Waals surface area contributed by atoms with Crippen molar-refractivity contribution in [2.45, 2.75) is 286 Å². The second-order valence-electron chi connectivity index (χ2n) is 28.9. The molecule has 6 rings (SSSR count). The van der Waals surface area contributed by atoms with Gasteiger partial charge in [-0.05, 0) is 91.9 Å². The second kappa shape index (κ2) is 40.5. The number of phosphoric ester groups is 1. The second-order valence-corrected chi connectivity index (χ2v) is 30.3. The Labute approximate surface area is 628 Å². The molecule has 618 valence electrons. The smallest absolute Gasteiger partial charge is 0.474 e. The number of aliphatic carboxylic acids is 1. The van der Waals surface area contributed by atoms with Gasteiger partial charge in [0, 0.05) is 26.7 Å². The lowest BCUT2D eigenvalue weighted by Crippen LogP contribution is -2.72. The van der Waals surface area contributed by atoms with E-state index < -0.39 is 240 Å². The average Bonchev–Trinajstić information content (AvgIpc) is 1.80. The number of hydrogen-bond acceptors (Lipinski definition) is 32. The van der Waals surface area contributed by atoms with Crippen molar-refractivity contribution in [2.24, 2.45) is 16.9 Å². The lowest BCUT2D eigenvalue weighted by atomic mass is 9.85. The molecule has 5 amide bonds. The minimum atomic E-state index is -5.85. The molecular weight excluding hydrogens is 1470 g/mol. The number of carboxylic acid groups (broad SMARTS) is 1. The molecule has 5 fully saturated rings. The van der Waals surface area contributed by atoms with E-state index in [1.807, 2.05) is 6.08 Å². The van der Waals surface area contributed by atoms with E-state index in [-0.39, 0.29) is 24.9 Å². The summed E-state index contributed by atoms with van der Waals surface area (Å²) >= 11 is 0. The molecule has 0 radical (unpaired) electrons. The van der Waals surface area contributed by atoms with E-state index in [1.54, 1.807) is 13.0 Å². The van der Waals surface area contributed by atoms with Gasteiger partial charge in [-0.25, -0.2) is 14.2 Å². The maximum Gasteiger partial charge on any atom is 0.474 e. The molecule has 0 saturated carbocycles. The SMILES string of the molecule is C=C(C/C=C(\C)CCC=C(C)C)CCC(C)(C)/C=C\CC/C(C)=C\CO[C@@H](COP(=O)(O)O[C@@H]1O[C@@H](C(N)=O)[C@](C)(O)[C@@H](OC(N)=O)[C@@H]1O[C@H]1O[C@@H](CO[C@H]2O[C@H](CO)[C@@H](O)[C@H](O)[C@H]2O)[C@H](O[C@H]2O[C@@H](C)[C@H](O[C@H]3O[C@@H](C(=O)NC4=C(O)CCC4=O)[C@@H](O)[C@@H](O)[C@@H]3O)[C@@H](O)[C@@H]2NC(C)=O)[C@@H](O)[C@@H]1NC(C)=O)C(=O)O. The Morgan fingerprint density at radius 2 is 1.29 bits per heavy atom. The van der Waals surface area contributed by atoms with Gasteiger partial charge < -0.3 is 146 Å². The number of Topliss-reactive ketones (excluding diaryl/α,β-unsaturated/α-hetero) is 1. The Morgan fingerprint density at radius 1 is 0.716 bits per heavy atom. The molecule has 0 spiro atoms. The van der Waals surface area contributed by atoms with Crippen LogP contribution in [0.1, 0.15) is 127 Å². The summed E-state index contributed by atoms with van der Waals surface area (Å²) in [5, 5.41) is 139. The number of nitrogens with one attached hydrogen (secondary N) is 3. The van der Waals surface area contributed by atoms with Gasteiger partial charge in [0.15, 0.2) is 67.8 Å². The number of carboxylic acids is 1. The van der Waals surface area contributed by atoms with Gasteiger partial charge in [-0.2, -0.15) is 0 Å². The first-order valence-electron chi connectivity index (χ1n) is 35.4. The average molecular weight is 1580 g/mol. The number of carbonyl (C=O) groups excluding carboxylic acids is 6. The predicted molar refractivity (Wildman–Crippen MR) is 372 cm³/mol. The lowest BCUT2D eigenvalue weighted by molar-refractivity contribution is -0.375. The van der Waals surface area contributed by atoms with Crippen molar-refractivity contribution in [2.75, 3.05) is 26.4 Å². The third-order valence-corrected chi connectivity index (χ3v) is 19.9. The zero-order valence-electron chi connectivity index (χ0n) is 62.2. The van der Waals surface area contributed by atoms with E-state index >= 15 is 0 Å². The zero-order chi connectivity index (χ0) is 81.5. The van der Waals surface area contributed by atoms with Crippen molar-refractivity contribution in [3.05, 3.63) is 70.7 Å². The summed E-state index contributed by atoms with van der Waals surface area (Å²) in [5.41, 5.74) is 12.0. The summed E-state index contributed by atoms with van der Waals surface area (Å²) in [6.45, 7) is 16.8. The van der Waals surface area contributed by atoms with Gasteiger partial charge >= 0.3 is 19.9 Å². The van der Waals surface area contributed by atoms with E-state index in [2.05, 4.69) is 75.4 Å². The number of phosphoric acid groups is 1. The van der Waals surface area contributed by atoms with E-state index in [4.69, 9.17) is 72.6 Å². The van der Waals surface area contributed by atoms with Gasteiger partial charge in [-0.3, -0.25) is 33.0 Å². The van der Waals surface area contributed by atoms with Crippen LogP contribution in [0.3, 0.4) is 0 Å². The van der Waals surface area contributed by atoms with Crippen LogP contribution in [-0.2, 0) is 94.5 Å². The van der Waals surface area contributed by atoms with Crippen molar-refractivity contribution < 1.29 is 165 Å². The number of ketones is 1. The van der Waals surface area contributed by atoms with Crippen molar-refractivity contribution in [1.29, 1.82) is 0 Å². The number of primary amides is 2. The first kappa shape index (κ1) is 91.7. The minimum Gasteiger partial charge on any atom is -0.510 e. The highest BCUT2D eigenvalue weighted by Crippen LogP contribution is 2.49. The summed E-state index contributed by atoms with van der Waals surface area (Å²) in [6.07, 6.45) is -35.4. The largest absolute Gasteiger partial charge is 0.510 e. The highest BCUT2D eigenvalue weighted by molar-refractivity contribution is 7.47. The number of amides is 5. The van der Waals surface area contributed by atoms with Crippen LogP contribution in [0.2, 0.25) is 0 Å². The third-order valence-electron chi connectivity index (χ3n) is 18.9. The highest BCUT2D eigenvalue weighted by atomic mass is 31.2. The van der Waals surface area contributed by atoms with Gasteiger partial charge in [-0.15, -0.1) is 0 Å². The van der Waals surface area contributed by atoms with E-state index in [1.165, 1.54) is 18.1 Å². The topological polar surface area (TPSA) is 608 Å². The summed E-state index contributed by atoms with van der Waals surface area (Å²) < 4.78 is 88.9. The standard InChI is InChI=1S/C69H108N5O34P/c1-30(2)15-14-17-31(3)18-19-33(5)22-25-68(9,10)24-13-12-16-32(4)23-26-96-41(61(90)91)29-98-109(94,95)108-66-56(57(107-67(71)92)69(11,93)58(106-66)59(70)88)105-63-44(73-36(8)77)47(82)54(40(101-63)28-97-64-51(86)48(83)45(80)39(27-75)100-64)103-62-43(72-35(7)76)46(81)53(34(6)99-62)102-65-52(87)49(84)50(85)55(104-65)60(89)74-42-37(78)20-21-38(42)79/h13,15,18,23-24,34,39-41,43-58,62-66,75,78,80-87,93H,5,12,14,16-17,19-22,25-29H2,1-4,6-11H3,(H2,70,88)(H2,71,92)(H,72,76)(H,73,77)(H,74,89)(H,90,91)(H,94,95)/b24-13-,31-18+,32-23-/t34-,39+,40-,41-,43-,44-,45+,46-,47-,48-,49+,50-,51+,52-,53-,54-,55+,56-,57-,58-,62+,63+,64-,65-,66-,69+/m0/s1. The highest BCUT2D eigenvalue weighted by Gasteiger charge is 2.62. The van der Waals surface area contributed by atoms with Gasteiger partial charge in [0.1, 0.15) is 102 Å². The van der Waals surface area contributed by atoms with Crippen molar-refractivity contribution in [3.8, 4) is 0 Å². The van der Waals surface area contributed by atoms with Crippen molar-refractivity contribution in [3.63, 3.8) is 0 Å². The molecule has 5 aliphatic heterocycles. The number of aliphatic hydroxyl groups excluding tert-OH is 10. The molecule has 40 heteroatoms. The van der Waals surface area contributed by atoms with Crippen LogP contribution in [0.4, 0.5) is 4.79 Å². The lowest BCUT2D eigenvalue weighted by Gasteiger charge is -2.52. The summed E-state index contributed by atoms with van der Waals surface area (Å²) in [7, 11) is -5.85. The van der Waals surface area contributed by atoms with Crippen LogP contribution < -0.4 is 27.4 Å². The Kier molecular flexibility index (Phi) is 34.1. The minimum absolute atomic E-state index is 0.128. The maximum absolute atomic E-state index is 14.1. The van der Waals surface area contributed by atoms with Crippen LogP contribution in [0.5, 0.6) is 0 Å². The fourth-order valence-corrected chi connectivity index (χ4v) is 13.5. The maximum atomic E-state index is 14.1. The van der Waals surface area contributed by atoms with Crippen LogP contribution in [-0.4, -0.2) is 293 Å². The third kappa shape index (κ3) is 25.4. The molecule has 0 aromatic heterocycles. The molecule has 5 saturated heterocycles. The van der Waals surface area contributed by atoms with Gasteiger partial charge in [0.05, 0.1) is 32.5 Å². The van der Waals surface area contributed by atoms with Crippen LogP contribution in [0, 0.1) is 5.41 Å². The number of nitrogens with two attached hydrogens (primary N) is 2. The number of hydrogen-bond donors (Lipinski definition) is 18. The molecule has 0 aromatic rings. The molecule has 1 unspecified atom stereocenters. The summed E-state index contributed by atoms with van der Waals surface area (Å²) in [5.74, 6) is -7.66. The number of carbonyl (C=O) groups is 7. The number of allylic oxidation sites excluding steroid dienone is 10. The first-order chi connectivity index (χ1) is 50.9. The molecule has 39 nitrogen and oxygen atoms in total. The Balaban J connectivity index is 1.25. The van der Waals surface area contributed by atoms with Gasteiger partial charge in [0.2, 0.25) is 17.7 Å². The Morgan fingerprint density at radius 3 is 1.88 bits per heavy atom. The van der Waals surface area contributed by atoms with Crippen molar-refractivity contribution in [1.82, 2.24) is 16.0 Å². The van der Waals surface area contributed by atoms with E-state index in [0.717, 1.165) is 64.0 Å². The Bertz CT molecular complexity index is 3360. The van der Waals surface area contributed by atoms with E-state index in [9.17, 15) is 104 Å². The molecule has 0 aromatic carbocycles. The molecule has 27 atom stereocenters. The number of rotatable bonds is 37. The molecule has 6 aliphatic rings. The van der Waals surface area contributed by atoms with Crippen molar-refractivity contribution >= 4 is 49.3 Å². The molecule has 0 bridgehead atoms. The molecule has 109 heavy (non-hydrogen) atoms. The molecule has 1 aliphatic carbocycles. The molecule has 20 N–H and O–H groups in total. The fraction of sp³-hybridized carbons (Fsp3) is 0.725. The Hall–Kier alpha value is -6.16. The van der Waals surface area contributed by atoms with E-state index in [0.29, 0.717) is 12.8 Å². The quantitative estimate of drug-likeness (QED) is 0.0236. The first-order valence-corrected chi connectivity index (χ1v) is 36.9. The fourth-order valence-electron chi connectivity index (χ4n) is 12.6. The number of ether oxygens (including phenoxy) is 11. The van der Waals surface area contributed by atoms with Gasteiger partial charge in [0.25, 0.3) is 5.91 Å². The summed E-state index contributed by atoms with van der Waals surface area (Å²) in [6, 6.07) is -4.00. The monoisotopic (exact) mass is 1580 g/mol. The summed E-state index contributed by atoms with van der Waals surface area (Å²) in [4.78, 5) is 102. The van der Waals surface area contributed by atoms with Crippen LogP contribution in [0.25, 0.3) is 0 Å². The molecular formula is C69H108N5O34P. The normalized spacial score (nSPS) is 35.6. The molecule has 5 heterocycles. The zero-order valence-corrected chi connectivity index (χ0v) is 63.1. The predicted octanol–water partition coefficient (Wildman–Crippen LogP) is -2.03. The van der Waals surface area contributed by atoms with Gasteiger partial charge in [-0.1, -0.05) is 73.1 Å². The van der Waals surface area contributed by atoms with Crippen LogP contribution >= 0.6 is 7.82 Å². The number of aliphatic hydroxyl groups is 11.